The highest BCUT2D eigenvalue weighted by Crippen LogP contribution is 2.40. The van der Waals surface area contributed by atoms with E-state index in [-0.39, 0.29) is 11.0 Å². The molecule has 0 amide bonds. The number of rotatable bonds is 13. The van der Waals surface area contributed by atoms with E-state index in [4.69, 9.17) is 23.7 Å². The maximum atomic E-state index is 6.56. The first kappa shape index (κ1) is 29.2. The van der Waals surface area contributed by atoms with Gasteiger partial charge in [0.05, 0.1) is 33.0 Å². The number of hydrazone groups is 1. The monoisotopic (exact) mass is 526 g/mol. The van der Waals surface area contributed by atoms with E-state index in [1.165, 1.54) is 11.1 Å². The van der Waals surface area contributed by atoms with Crippen molar-refractivity contribution in [2.45, 2.75) is 70.8 Å². The van der Waals surface area contributed by atoms with Crippen molar-refractivity contribution >= 4 is 14.5 Å². The first-order chi connectivity index (χ1) is 17.6. The van der Waals surface area contributed by atoms with Crippen molar-refractivity contribution in [3.63, 3.8) is 0 Å². The average Bonchev–Trinajstić information content (AvgIpc) is 3.30. The lowest BCUT2D eigenvalue weighted by Crippen LogP contribution is -2.43. The average molecular weight is 527 g/mol. The van der Waals surface area contributed by atoms with E-state index in [1.807, 2.05) is 18.2 Å². The first-order valence-electron chi connectivity index (χ1n) is 13.4. The van der Waals surface area contributed by atoms with Gasteiger partial charge in [0.1, 0.15) is 5.75 Å². The van der Waals surface area contributed by atoms with Crippen LogP contribution in [-0.2, 0) is 22.5 Å². The summed E-state index contributed by atoms with van der Waals surface area (Å²) in [4.78, 5) is 0. The Hall–Kier alpha value is -2.35. The van der Waals surface area contributed by atoms with E-state index >= 15 is 0 Å². The summed E-state index contributed by atoms with van der Waals surface area (Å²) < 4.78 is 23.9. The first-order valence-corrected chi connectivity index (χ1v) is 16.3. The van der Waals surface area contributed by atoms with Crippen LogP contribution in [0.2, 0.25) is 18.1 Å². The number of hydrogen-bond donors (Lipinski definition) is 0. The summed E-state index contributed by atoms with van der Waals surface area (Å²) in [6.45, 7) is 14.1. The van der Waals surface area contributed by atoms with Crippen LogP contribution in [0.5, 0.6) is 11.5 Å². The minimum atomic E-state index is -1.97. The van der Waals surface area contributed by atoms with Gasteiger partial charge in [-0.15, -0.1) is 0 Å². The second-order valence-electron chi connectivity index (χ2n) is 11.5. The lowest BCUT2D eigenvalue weighted by Gasteiger charge is -2.36. The van der Waals surface area contributed by atoms with Gasteiger partial charge in [0.2, 0.25) is 0 Å². The maximum absolute atomic E-state index is 6.56. The molecule has 2 atom stereocenters. The van der Waals surface area contributed by atoms with Crippen LogP contribution in [0.3, 0.4) is 0 Å². The highest BCUT2D eigenvalue weighted by atomic mass is 28.4. The highest BCUT2D eigenvalue weighted by molar-refractivity contribution is 6.74. The SMILES string of the molecule is COC[C@H]1CCCN1/N=C/[C@H](COCc1ccccc1)Cc1ccc(O[Si](C)(C)C(C)(C)C)c(OC)c1. The van der Waals surface area contributed by atoms with Gasteiger partial charge in [-0.1, -0.05) is 57.2 Å². The van der Waals surface area contributed by atoms with Crippen LogP contribution in [0, 0.1) is 5.92 Å². The van der Waals surface area contributed by atoms with Gasteiger partial charge in [0, 0.05) is 25.8 Å². The summed E-state index contributed by atoms with van der Waals surface area (Å²) in [5, 5.41) is 7.17. The molecule has 0 aliphatic carbocycles. The van der Waals surface area contributed by atoms with Crippen LogP contribution < -0.4 is 9.16 Å². The van der Waals surface area contributed by atoms with Gasteiger partial charge in [-0.2, -0.15) is 5.10 Å². The van der Waals surface area contributed by atoms with E-state index in [9.17, 15) is 0 Å². The topological polar surface area (TPSA) is 52.5 Å². The largest absolute Gasteiger partial charge is 0.541 e. The zero-order valence-electron chi connectivity index (χ0n) is 23.8. The smallest absolute Gasteiger partial charge is 0.250 e. The predicted molar refractivity (Wildman–Crippen MR) is 154 cm³/mol. The van der Waals surface area contributed by atoms with Crippen LogP contribution in [0.1, 0.15) is 44.7 Å². The second-order valence-corrected chi connectivity index (χ2v) is 16.2. The molecule has 37 heavy (non-hydrogen) atoms. The van der Waals surface area contributed by atoms with Crippen LogP contribution in [0.4, 0.5) is 0 Å². The van der Waals surface area contributed by atoms with Crippen molar-refractivity contribution in [3.05, 3.63) is 59.7 Å². The molecule has 1 fully saturated rings. The van der Waals surface area contributed by atoms with Crippen LogP contribution in [0.15, 0.2) is 53.6 Å². The fourth-order valence-corrected chi connectivity index (χ4v) is 5.25. The van der Waals surface area contributed by atoms with Gasteiger partial charge < -0.3 is 18.6 Å². The summed E-state index contributed by atoms with van der Waals surface area (Å²) in [6, 6.07) is 16.9. The fraction of sp³-hybridized carbons (Fsp3) is 0.567. The molecular formula is C30H46N2O4Si. The molecule has 204 valence electrons. The predicted octanol–water partition coefficient (Wildman–Crippen LogP) is 6.55. The number of methoxy groups -OCH3 is 2. The van der Waals surface area contributed by atoms with Crippen molar-refractivity contribution in [3.8, 4) is 11.5 Å². The van der Waals surface area contributed by atoms with Crippen molar-refractivity contribution in [2.75, 3.05) is 34.0 Å². The molecule has 1 heterocycles. The molecule has 0 radical (unpaired) electrons. The molecule has 0 N–H and O–H groups in total. The molecule has 0 unspecified atom stereocenters. The quantitative estimate of drug-likeness (QED) is 0.219. The van der Waals surface area contributed by atoms with E-state index in [2.05, 4.69) is 75.4 Å². The third-order valence-electron chi connectivity index (χ3n) is 7.47. The lowest BCUT2D eigenvalue weighted by atomic mass is 10.0. The molecule has 0 aromatic heterocycles. The molecule has 1 aliphatic heterocycles. The Labute approximate surface area is 225 Å². The summed E-state index contributed by atoms with van der Waals surface area (Å²) in [6.07, 6.45) is 5.13. The highest BCUT2D eigenvalue weighted by Gasteiger charge is 2.39. The van der Waals surface area contributed by atoms with Crippen LogP contribution in [0.25, 0.3) is 0 Å². The molecule has 0 spiro atoms. The number of ether oxygens (including phenoxy) is 3. The van der Waals surface area contributed by atoms with Gasteiger partial charge in [-0.05, 0) is 60.7 Å². The van der Waals surface area contributed by atoms with Crippen LogP contribution >= 0.6 is 0 Å². The fourth-order valence-electron chi connectivity index (χ4n) is 4.23. The van der Waals surface area contributed by atoms with Crippen molar-refractivity contribution in [1.29, 1.82) is 0 Å². The minimum absolute atomic E-state index is 0.116. The number of benzene rings is 2. The van der Waals surface area contributed by atoms with Crippen molar-refractivity contribution in [1.82, 2.24) is 5.01 Å². The normalized spacial score (nSPS) is 17.4. The van der Waals surface area contributed by atoms with Crippen LogP contribution in [-0.4, -0.2) is 59.6 Å². The molecule has 2 aromatic carbocycles. The Morgan fingerprint density at radius 1 is 1.05 bits per heavy atom. The Morgan fingerprint density at radius 2 is 1.81 bits per heavy atom. The summed E-state index contributed by atoms with van der Waals surface area (Å²) in [5.41, 5.74) is 2.35. The summed E-state index contributed by atoms with van der Waals surface area (Å²) in [7, 11) is 1.50. The van der Waals surface area contributed by atoms with Gasteiger partial charge >= 0.3 is 0 Å². The van der Waals surface area contributed by atoms with E-state index < -0.39 is 8.32 Å². The maximum Gasteiger partial charge on any atom is 0.250 e. The zero-order chi connectivity index (χ0) is 26.9. The molecule has 1 saturated heterocycles. The van der Waals surface area contributed by atoms with E-state index in [0.29, 0.717) is 25.9 Å². The zero-order valence-corrected chi connectivity index (χ0v) is 24.8. The number of hydrogen-bond acceptors (Lipinski definition) is 6. The van der Waals surface area contributed by atoms with E-state index in [1.54, 1.807) is 14.2 Å². The lowest BCUT2D eigenvalue weighted by molar-refractivity contribution is 0.102. The Kier molecular flexibility index (Phi) is 10.6. The summed E-state index contributed by atoms with van der Waals surface area (Å²) in [5.74, 6) is 1.73. The molecule has 2 aromatic rings. The molecule has 3 rings (SSSR count). The van der Waals surface area contributed by atoms with Crippen molar-refractivity contribution < 1.29 is 18.6 Å². The Bertz CT molecular complexity index is 991. The molecule has 1 aliphatic rings. The third kappa shape index (κ3) is 8.59. The second kappa shape index (κ2) is 13.4. The summed E-state index contributed by atoms with van der Waals surface area (Å²) >= 11 is 0. The molecule has 6 nitrogen and oxygen atoms in total. The van der Waals surface area contributed by atoms with Crippen molar-refractivity contribution in [2.24, 2.45) is 11.0 Å². The standard InChI is InChI=1S/C30H46N2O4Si/c1-30(2,3)37(6,7)36-28-16-15-25(19-29(28)34-5)18-26(22-35-21-24-12-9-8-10-13-24)20-31-32-17-11-14-27(32)23-33-4/h8-10,12-13,15-16,19-20,26-27H,11,14,17-18,21-23H2,1-7H3/b31-20+/t26-,27-/m1/s1. The van der Waals surface area contributed by atoms with Gasteiger partial charge in [0.25, 0.3) is 8.32 Å². The Morgan fingerprint density at radius 3 is 2.49 bits per heavy atom. The minimum Gasteiger partial charge on any atom is -0.541 e. The van der Waals surface area contributed by atoms with Gasteiger partial charge in [-0.25, -0.2) is 0 Å². The molecular weight excluding hydrogens is 480 g/mol. The molecule has 7 heteroatoms. The number of nitrogens with zero attached hydrogens (tertiary/aromatic N) is 2. The molecule has 0 bridgehead atoms. The third-order valence-corrected chi connectivity index (χ3v) is 11.8. The Balaban J connectivity index is 1.74. The van der Waals surface area contributed by atoms with E-state index in [0.717, 1.165) is 37.3 Å². The van der Waals surface area contributed by atoms with Gasteiger partial charge in [-0.3, -0.25) is 5.01 Å². The molecule has 0 saturated carbocycles. The van der Waals surface area contributed by atoms with Gasteiger partial charge in [0.15, 0.2) is 5.75 Å².